The average Bonchev–Trinajstić information content (AvgIpc) is 3.31. The third-order valence-corrected chi connectivity index (χ3v) is 5.97. The summed E-state index contributed by atoms with van der Waals surface area (Å²) in [4.78, 5) is 41.8. The lowest BCUT2D eigenvalue weighted by Gasteiger charge is -2.37. The SMILES string of the molecule is CCC(=O)N1CCC([C@@H](NC(=O)c2cccc(OC)c2)C(=O)N2CCCC2)CC1. The smallest absolute Gasteiger partial charge is 0.252 e. The Bertz CT molecular complexity index is 737. The van der Waals surface area contributed by atoms with Gasteiger partial charge >= 0.3 is 0 Å². The molecule has 0 radical (unpaired) electrons. The van der Waals surface area contributed by atoms with Crippen molar-refractivity contribution in [1.29, 1.82) is 0 Å². The number of nitrogens with one attached hydrogen (secondary N) is 1. The highest BCUT2D eigenvalue weighted by molar-refractivity contribution is 5.98. The Morgan fingerprint density at radius 1 is 1.10 bits per heavy atom. The lowest BCUT2D eigenvalue weighted by atomic mass is 9.88. The summed E-state index contributed by atoms with van der Waals surface area (Å²) in [5, 5.41) is 3.00. The van der Waals surface area contributed by atoms with Crippen LogP contribution in [0.5, 0.6) is 5.75 Å². The van der Waals surface area contributed by atoms with Crippen molar-refractivity contribution in [2.75, 3.05) is 33.3 Å². The minimum absolute atomic E-state index is 0.000913. The molecule has 2 heterocycles. The van der Waals surface area contributed by atoms with E-state index in [9.17, 15) is 14.4 Å². The Hall–Kier alpha value is -2.57. The van der Waals surface area contributed by atoms with Crippen LogP contribution in [0.1, 0.15) is 49.4 Å². The van der Waals surface area contributed by atoms with Gasteiger partial charge in [-0.05, 0) is 49.8 Å². The Labute approximate surface area is 172 Å². The zero-order valence-electron chi connectivity index (χ0n) is 17.4. The summed E-state index contributed by atoms with van der Waals surface area (Å²) < 4.78 is 5.21. The van der Waals surface area contributed by atoms with Gasteiger partial charge in [0.1, 0.15) is 11.8 Å². The predicted molar refractivity (Wildman–Crippen MR) is 110 cm³/mol. The van der Waals surface area contributed by atoms with Crippen LogP contribution in [0.15, 0.2) is 24.3 Å². The fourth-order valence-electron chi connectivity index (χ4n) is 4.21. The third kappa shape index (κ3) is 5.08. The van der Waals surface area contributed by atoms with E-state index < -0.39 is 6.04 Å². The first kappa shape index (κ1) is 21.1. The maximum absolute atomic E-state index is 13.2. The predicted octanol–water partition coefficient (Wildman–Crippen LogP) is 2.06. The van der Waals surface area contributed by atoms with Crippen LogP contribution in [0.3, 0.4) is 0 Å². The number of methoxy groups -OCH3 is 1. The number of nitrogens with zero attached hydrogens (tertiary/aromatic N) is 2. The number of benzene rings is 1. The van der Waals surface area contributed by atoms with Gasteiger partial charge in [-0.25, -0.2) is 0 Å². The number of hydrogen-bond donors (Lipinski definition) is 1. The first-order chi connectivity index (χ1) is 14.0. The molecule has 1 aromatic rings. The molecule has 1 N–H and O–H groups in total. The van der Waals surface area contributed by atoms with Gasteiger partial charge < -0.3 is 19.9 Å². The minimum Gasteiger partial charge on any atom is -0.497 e. The van der Waals surface area contributed by atoms with Gasteiger partial charge in [0.2, 0.25) is 11.8 Å². The Kier molecular flexibility index (Phi) is 7.12. The summed E-state index contributed by atoms with van der Waals surface area (Å²) in [6, 6.07) is 6.38. The summed E-state index contributed by atoms with van der Waals surface area (Å²) in [6.45, 7) is 4.63. The van der Waals surface area contributed by atoms with E-state index in [1.165, 1.54) is 0 Å². The fourth-order valence-corrected chi connectivity index (χ4v) is 4.21. The molecule has 7 nitrogen and oxygen atoms in total. The van der Waals surface area contributed by atoms with Crippen LogP contribution in [-0.4, -0.2) is 66.9 Å². The van der Waals surface area contributed by atoms with Gasteiger partial charge in [-0.2, -0.15) is 0 Å². The van der Waals surface area contributed by atoms with Crippen molar-refractivity contribution < 1.29 is 19.1 Å². The number of amides is 3. The zero-order valence-corrected chi connectivity index (χ0v) is 17.4. The molecule has 29 heavy (non-hydrogen) atoms. The summed E-state index contributed by atoms with van der Waals surface area (Å²) in [6.07, 6.45) is 3.94. The number of piperidine rings is 1. The topological polar surface area (TPSA) is 79.0 Å². The van der Waals surface area contributed by atoms with E-state index in [-0.39, 0.29) is 23.6 Å². The largest absolute Gasteiger partial charge is 0.497 e. The van der Waals surface area contributed by atoms with E-state index in [0.717, 1.165) is 25.9 Å². The molecule has 0 unspecified atom stereocenters. The molecule has 2 aliphatic heterocycles. The van der Waals surface area contributed by atoms with Crippen molar-refractivity contribution in [2.24, 2.45) is 5.92 Å². The van der Waals surface area contributed by atoms with E-state index >= 15 is 0 Å². The lowest BCUT2D eigenvalue weighted by molar-refractivity contribution is -0.135. The van der Waals surface area contributed by atoms with Crippen LogP contribution in [0.25, 0.3) is 0 Å². The van der Waals surface area contributed by atoms with E-state index in [1.807, 2.05) is 16.7 Å². The Balaban J connectivity index is 1.73. The van der Waals surface area contributed by atoms with Crippen molar-refractivity contribution in [1.82, 2.24) is 15.1 Å². The van der Waals surface area contributed by atoms with Gasteiger partial charge in [-0.15, -0.1) is 0 Å². The van der Waals surface area contributed by atoms with E-state index in [0.29, 0.717) is 43.7 Å². The molecule has 0 aromatic heterocycles. The fraction of sp³-hybridized carbons (Fsp3) is 0.591. The van der Waals surface area contributed by atoms with Crippen LogP contribution in [0.4, 0.5) is 0 Å². The molecule has 0 saturated carbocycles. The maximum atomic E-state index is 13.2. The summed E-state index contributed by atoms with van der Waals surface area (Å²) in [7, 11) is 1.56. The molecule has 1 aromatic carbocycles. The number of likely N-dealkylation sites (tertiary alicyclic amines) is 2. The van der Waals surface area contributed by atoms with E-state index in [4.69, 9.17) is 4.74 Å². The number of carbonyl (C=O) groups excluding carboxylic acids is 3. The second-order valence-electron chi connectivity index (χ2n) is 7.79. The van der Waals surface area contributed by atoms with Crippen LogP contribution in [-0.2, 0) is 9.59 Å². The van der Waals surface area contributed by atoms with Gasteiger partial charge in [-0.3, -0.25) is 14.4 Å². The van der Waals surface area contributed by atoms with Crippen LogP contribution < -0.4 is 10.1 Å². The van der Waals surface area contributed by atoms with E-state index in [1.54, 1.807) is 31.4 Å². The lowest BCUT2D eigenvalue weighted by Crippen LogP contribution is -2.54. The summed E-state index contributed by atoms with van der Waals surface area (Å²) in [5.74, 6) is 0.504. The molecular weight excluding hydrogens is 370 g/mol. The average molecular weight is 402 g/mol. The number of carbonyl (C=O) groups is 3. The molecule has 3 rings (SSSR count). The normalized spacial score (nSPS) is 18.4. The third-order valence-electron chi connectivity index (χ3n) is 5.97. The first-order valence-corrected chi connectivity index (χ1v) is 10.5. The summed E-state index contributed by atoms with van der Waals surface area (Å²) in [5.41, 5.74) is 0.474. The standard InChI is InChI=1S/C22H31N3O4/c1-3-19(26)24-13-9-16(10-14-24)20(22(28)25-11-4-5-12-25)23-21(27)17-7-6-8-18(15-17)29-2/h6-8,15-16,20H,3-5,9-14H2,1-2H3,(H,23,27)/t20-/m1/s1. The van der Waals surface area contributed by atoms with Gasteiger partial charge in [0.15, 0.2) is 0 Å². The molecule has 3 amide bonds. The Morgan fingerprint density at radius 2 is 1.79 bits per heavy atom. The van der Waals surface area contributed by atoms with Gasteiger partial charge in [-0.1, -0.05) is 13.0 Å². The monoisotopic (exact) mass is 401 g/mol. The van der Waals surface area contributed by atoms with Gasteiger partial charge in [0.25, 0.3) is 5.91 Å². The highest BCUT2D eigenvalue weighted by atomic mass is 16.5. The molecule has 0 bridgehead atoms. The molecule has 2 fully saturated rings. The summed E-state index contributed by atoms with van der Waals surface area (Å²) >= 11 is 0. The van der Waals surface area contributed by atoms with Crippen LogP contribution in [0.2, 0.25) is 0 Å². The number of ether oxygens (including phenoxy) is 1. The van der Waals surface area contributed by atoms with Crippen molar-refractivity contribution in [3.63, 3.8) is 0 Å². The molecule has 158 valence electrons. The van der Waals surface area contributed by atoms with Crippen molar-refractivity contribution in [2.45, 2.75) is 45.1 Å². The molecular formula is C22H31N3O4. The molecule has 0 aliphatic carbocycles. The van der Waals surface area contributed by atoms with Crippen LogP contribution >= 0.6 is 0 Å². The minimum atomic E-state index is -0.564. The molecule has 0 spiro atoms. The van der Waals surface area contributed by atoms with Crippen molar-refractivity contribution in [3.05, 3.63) is 29.8 Å². The first-order valence-electron chi connectivity index (χ1n) is 10.5. The molecule has 2 saturated heterocycles. The van der Waals surface area contributed by atoms with E-state index in [2.05, 4.69) is 5.32 Å². The number of rotatable bonds is 6. The highest BCUT2D eigenvalue weighted by Crippen LogP contribution is 2.24. The molecule has 7 heteroatoms. The van der Waals surface area contributed by atoms with Gasteiger partial charge in [0.05, 0.1) is 7.11 Å². The van der Waals surface area contributed by atoms with Crippen molar-refractivity contribution in [3.8, 4) is 5.75 Å². The van der Waals surface area contributed by atoms with Crippen LogP contribution in [0, 0.1) is 5.92 Å². The quantitative estimate of drug-likeness (QED) is 0.791. The molecule has 2 aliphatic rings. The Morgan fingerprint density at radius 3 is 2.41 bits per heavy atom. The maximum Gasteiger partial charge on any atom is 0.252 e. The zero-order chi connectivity index (χ0) is 20.8. The van der Waals surface area contributed by atoms with Gasteiger partial charge in [0, 0.05) is 38.2 Å². The second-order valence-corrected chi connectivity index (χ2v) is 7.79. The number of hydrogen-bond acceptors (Lipinski definition) is 4. The highest BCUT2D eigenvalue weighted by Gasteiger charge is 2.36. The van der Waals surface area contributed by atoms with Crippen molar-refractivity contribution >= 4 is 17.7 Å². The second kappa shape index (κ2) is 9.76. The molecule has 1 atom stereocenters.